The number of esters is 2. The van der Waals surface area contributed by atoms with Gasteiger partial charge in [0.25, 0.3) is 0 Å². The monoisotopic (exact) mass is 502 g/mol. The first-order valence-electron chi connectivity index (χ1n) is 12.2. The van der Waals surface area contributed by atoms with Crippen LogP contribution >= 0.6 is 0 Å². The molecule has 4 rings (SSSR count). The molecule has 3 aromatic carbocycles. The topological polar surface area (TPSA) is 99.0 Å². The van der Waals surface area contributed by atoms with Crippen molar-refractivity contribution in [3.8, 4) is 0 Å². The summed E-state index contributed by atoms with van der Waals surface area (Å²) in [6.45, 7) is 6.62. The molecule has 0 aromatic heterocycles. The van der Waals surface area contributed by atoms with Gasteiger partial charge in [-0.15, -0.1) is 0 Å². The fraction of sp³-hybridized carbons (Fsp3) is 0.310. The normalized spacial score (nSPS) is 18.1. The van der Waals surface area contributed by atoms with Gasteiger partial charge in [0.15, 0.2) is 5.54 Å². The van der Waals surface area contributed by atoms with Crippen LogP contribution < -0.4 is 4.90 Å². The van der Waals surface area contributed by atoms with Crippen LogP contribution in [0.3, 0.4) is 0 Å². The number of carbonyl (C=O) groups excluding carboxylic acids is 2. The molecule has 0 spiro atoms. The Morgan fingerprint density at radius 2 is 1.27 bits per heavy atom. The van der Waals surface area contributed by atoms with E-state index in [0.717, 1.165) is 5.56 Å². The lowest BCUT2D eigenvalue weighted by Crippen LogP contribution is -2.74. The molecule has 37 heavy (non-hydrogen) atoms. The fourth-order valence-electron chi connectivity index (χ4n) is 5.75. The third kappa shape index (κ3) is 3.50. The van der Waals surface area contributed by atoms with Gasteiger partial charge < -0.3 is 14.4 Å². The number of fused-ring (bicyclic) bond motifs is 1. The van der Waals surface area contributed by atoms with Crippen molar-refractivity contribution in [2.45, 2.75) is 44.3 Å². The molecule has 0 saturated heterocycles. The molecular weight excluding hydrogens is 472 g/mol. The van der Waals surface area contributed by atoms with E-state index in [1.54, 1.807) is 61.2 Å². The molecule has 0 fully saturated rings. The van der Waals surface area contributed by atoms with Crippen LogP contribution in [0.4, 0.5) is 5.69 Å². The van der Waals surface area contributed by atoms with Gasteiger partial charge in [-0.3, -0.25) is 10.1 Å². The Balaban J connectivity index is 2.32. The van der Waals surface area contributed by atoms with E-state index in [4.69, 9.17) is 9.47 Å². The van der Waals surface area contributed by atoms with E-state index in [2.05, 4.69) is 0 Å². The van der Waals surface area contributed by atoms with Crippen LogP contribution in [0.15, 0.2) is 84.9 Å². The van der Waals surface area contributed by atoms with Gasteiger partial charge in [-0.05, 0) is 56.5 Å². The molecule has 8 nitrogen and oxygen atoms in total. The van der Waals surface area contributed by atoms with E-state index in [1.807, 2.05) is 56.3 Å². The number of nitro groups is 1. The first-order valence-corrected chi connectivity index (χ1v) is 12.2. The predicted molar refractivity (Wildman–Crippen MR) is 139 cm³/mol. The minimum atomic E-state index is -3.00. The van der Waals surface area contributed by atoms with E-state index in [9.17, 15) is 19.7 Å². The van der Waals surface area contributed by atoms with Crippen LogP contribution in [0, 0.1) is 10.1 Å². The van der Waals surface area contributed by atoms with Gasteiger partial charge in [0.2, 0.25) is 0 Å². The molecule has 1 atom stereocenters. The van der Waals surface area contributed by atoms with Crippen molar-refractivity contribution in [1.29, 1.82) is 0 Å². The average Bonchev–Trinajstić information content (AvgIpc) is 3.10. The van der Waals surface area contributed by atoms with Crippen molar-refractivity contribution in [1.82, 2.24) is 0 Å². The lowest BCUT2D eigenvalue weighted by atomic mass is 9.67. The Morgan fingerprint density at radius 1 is 0.811 bits per heavy atom. The lowest BCUT2D eigenvalue weighted by molar-refractivity contribution is -0.552. The van der Waals surface area contributed by atoms with Crippen LogP contribution in [-0.2, 0) is 30.1 Å². The van der Waals surface area contributed by atoms with Gasteiger partial charge in [0, 0.05) is 5.69 Å². The summed E-state index contributed by atoms with van der Waals surface area (Å²) in [6, 6.07) is 24.9. The maximum atomic E-state index is 14.0. The largest absolute Gasteiger partial charge is 0.460 e. The highest BCUT2D eigenvalue weighted by Gasteiger charge is 2.82. The molecule has 0 radical (unpaired) electrons. The van der Waals surface area contributed by atoms with Crippen LogP contribution in [0.1, 0.15) is 44.4 Å². The maximum Gasteiger partial charge on any atom is 0.440 e. The van der Waals surface area contributed by atoms with Crippen molar-refractivity contribution >= 4 is 17.6 Å². The second-order valence-corrected chi connectivity index (χ2v) is 9.26. The number of benzene rings is 3. The lowest BCUT2D eigenvalue weighted by Gasteiger charge is -2.49. The summed E-state index contributed by atoms with van der Waals surface area (Å²) in [5.74, 6) is -2.56. The number of anilines is 1. The molecule has 0 saturated carbocycles. The van der Waals surface area contributed by atoms with Gasteiger partial charge in [0.1, 0.15) is 0 Å². The highest BCUT2D eigenvalue weighted by Crippen LogP contribution is 2.60. The van der Waals surface area contributed by atoms with Gasteiger partial charge >= 0.3 is 17.5 Å². The molecule has 192 valence electrons. The SMILES string of the molecule is CCOC(=O)C(C(=O)OCC)([N+](=O)[O-])C1(c2ccccc2)c2ccccc2C(C)(C)N1c1ccccc1. The van der Waals surface area contributed by atoms with Crippen molar-refractivity contribution in [3.05, 3.63) is 112 Å². The highest BCUT2D eigenvalue weighted by molar-refractivity contribution is 6.07. The summed E-state index contributed by atoms with van der Waals surface area (Å²) < 4.78 is 10.7. The van der Waals surface area contributed by atoms with E-state index in [-0.39, 0.29) is 13.2 Å². The van der Waals surface area contributed by atoms with Gasteiger partial charge in [0.05, 0.1) is 23.7 Å². The van der Waals surface area contributed by atoms with Crippen LogP contribution in [0.2, 0.25) is 0 Å². The summed E-state index contributed by atoms with van der Waals surface area (Å²) in [5.41, 5.74) is -3.69. The number of ether oxygens (including phenoxy) is 2. The molecule has 0 bridgehead atoms. The van der Waals surface area contributed by atoms with Crippen LogP contribution in [0.5, 0.6) is 0 Å². The number of carbonyl (C=O) groups is 2. The second-order valence-electron chi connectivity index (χ2n) is 9.26. The van der Waals surface area contributed by atoms with Crippen molar-refractivity contribution < 1.29 is 24.0 Å². The van der Waals surface area contributed by atoms with Crippen molar-refractivity contribution in [2.75, 3.05) is 18.1 Å². The zero-order valence-corrected chi connectivity index (χ0v) is 21.3. The standard InChI is InChI=1S/C29H30N2O6/c1-5-36-25(32)29(31(34)35,26(33)37-6-2)28(21-15-9-7-10-16-21)24-20-14-13-19-23(24)27(3,4)30(28)22-17-11-8-12-18-22/h7-20H,5-6H2,1-4H3. The maximum absolute atomic E-state index is 14.0. The minimum Gasteiger partial charge on any atom is -0.460 e. The third-order valence-corrected chi connectivity index (χ3v) is 7.02. The molecule has 0 amide bonds. The number of para-hydroxylation sites is 1. The Morgan fingerprint density at radius 3 is 1.76 bits per heavy atom. The third-order valence-electron chi connectivity index (χ3n) is 7.02. The zero-order valence-electron chi connectivity index (χ0n) is 21.3. The van der Waals surface area contributed by atoms with Gasteiger partial charge in [-0.25, -0.2) is 9.59 Å². The Bertz CT molecular complexity index is 1290. The van der Waals surface area contributed by atoms with Crippen LogP contribution in [-0.4, -0.2) is 35.6 Å². The Labute approximate surface area is 216 Å². The zero-order chi connectivity index (χ0) is 26.8. The number of hydrogen-bond donors (Lipinski definition) is 0. The average molecular weight is 503 g/mol. The summed E-state index contributed by atoms with van der Waals surface area (Å²) in [7, 11) is 0. The summed E-state index contributed by atoms with van der Waals surface area (Å²) in [5, 5.41) is 13.4. The molecule has 3 aromatic rings. The molecule has 8 heteroatoms. The highest BCUT2D eigenvalue weighted by atomic mass is 16.7. The van der Waals surface area contributed by atoms with E-state index >= 15 is 0 Å². The quantitative estimate of drug-likeness (QED) is 0.188. The molecular formula is C29H30N2O6. The molecule has 1 aliphatic heterocycles. The fourth-order valence-corrected chi connectivity index (χ4v) is 5.75. The number of rotatable bonds is 8. The Kier molecular flexibility index (Phi) is 6.78. The first kappa shape index (κ1) is 25.9. The summed E-state index contributed by atoms with van der Waals surface area (Å²) in [4.78, 5) is 42.4. The van der Waals surface area contributed by atoms with Gasteiger partial charge in [-0.1, -0.05) is 72.8 Å². The number of hydrogen-bond acceptors (Lipinski definition) is 7. The molecule has 0 N–H and O–H groups in total. The predicted octanol–water partition coefficient (Wildman–Crippen LogP) is 4.83. The van der Waals surface area contributed by atoms with Crippen molar-refractivity contribution in [3.63, 3.8) is 0 Å². The first-order chi connectivity index (χ1) is 17.7. The molecule has 1 heterocycles. The van der Waals surface area contributed by atoms with Gasteiger partial charge in [-0.2, -0.15) is 0 Å². The van der Waals surface area contributed by atoms with E-state index in [1.165, 1.54) is 0 Å². The van der Waals surface area contributed by atoms with Crippen molar-refractivity contribution in [2.24, 2.45) is 0 Å². The summed E-state index contributed by atoms with van der Waals surface area (Å²) >= 11 is 0. The second kappa shape index (κ2) is 9.69. The van der Waals surface area contributed by atoms with E-state index in [0.29, 0.717) is 16.8 Å². The minimum absolute atomic E-state index is 0.158. The summed E-state index contributed by atoms with van der Waals surface area (Å²) in [6.07, 6.45) is 0. The Hall–Kier alpha value is -4.20. The van der Waals surface area contributed by atoms with Crippen LogP contribution in [0.25, 0.3) is 0 Å². The van der Waals surface area contributed by atoms with E-state index < -0.39 is 33.5 Å². The molecule has 1 unspecified atom stereocenters. The molecule has 1 aliphatic rings. The number of nitrogens with zero attached hydrogens (tertiary/aromatic N) is 2. The smallest absolute Gasteiger partial charge is 0.440 e. The molecule has 0 aliphatic carbocycles.